The fraction of sp³-hybridized carbons (Fsp3) is 0.739. The van der Waals surface area contributed by atoms with E-state index in [2.05, 4.69) is 20.1 Å². The minimum absolute atomic E-state index is 2.29. The summed E-state index contributed by atoms with van der Waals surface area (Å²) in [5.41, 5.74) is -2.45. The monoisotopic (exact) mass is 459 g/mol. The van der Waals surface area contributed by atoms with Gasteiger partial charge in [0.15, 0.2) is 0 Å². The average Bonchev–Trinajstić information content (AvgIpc) is 3.14. The third-order valence-electron chi connectivity index (χ3n) is 3.03. The molecule has 2 aliphatic rings. The molecule has 0 aromatic rings. The van der Waals surface area contributed by atoms with E-state index in [0.717, 1.165) is 0 Å². The lowest BCUT2D eigenvalue weighted by atomic mass is 9.66. The second-order valence-corrected chi connectivity index (χ2v) is 5.01. The molecule has 170 valence electrons. The number of carbonyl (C=O) groups is 2. The van der Waals surface area contributed by atoms with E-state index in [-0.39, 0.29) is 0 Å². The number of carboxylic acid groups (broad SMARTS) is 1. The van der Waals surface area contributed by atoms with Crippen molar-refractivity contribution >= 4 is 11.9 Å². The molecule has 7 heteroatoms. The van der Waals surface area contributed by atoms with E-state index >= 15 is 0 Å². The predicted molar refractivity (Wildman–Crippen MR) is 111 cm³/mol. The van der Waals surface area contributed by atoms with Gasteiger partial charge in [0.2, 0.25) is 4.29 Å². The topological polar surface area (TPSA) is 124 Å². The van der Waals surface area contributed by atoms with E-state index in [4.69, 9.17) is 44.0 Å². The lowest BCUT2D eigenvalue weighted by Gasteiger charge is -2.43. The van der Waals surface area contributed by atoms with Gasteiger partial charge in [-0.15, -0.1) is 0 Å². The van der Waals surface area contributed by atoms with Crippen LogP contribution in [0.25, 0.3) is 0 Å². The van der Waals surface area contributed by atoms with Gasteiger partial charge < -0.3 is 25.2 Å². The van der Waals surface area contributed by atoms with E-state index in [1.54, 1.807) is 0 Å². The van der Waals surface area contributed by atoms with Crippen LogP contribution in [-0.4, -0.2) is 61.0 Å². The molecule has 0 saturated carbocycles. The standard InChI is InChI=1S/C23H36O7/c1-4-13(2)23(29)30-20-11-17(25)9-15-6-5-14(3)19(22(15)20)8-7-16(24)10-18(26)12-21(27)28/h5-6,9,13-14,16-20,22,24-26H,4,7-8,10-12H2,1-3H3,(H,27,28)/t13-,14-,16+,17+,18+,19-,20-,22-/m0/s1/i1D3,2D3,3D3,4D2,5D,6D,7D2,8D2,9D,10D2,11D2,12D2,13D,14D,16D,17D,18D,19D,20D,22D,24D,25D,26D. The maximum Gasteiger partial charge on any atom is 0.308 e. The van der Waals surface area contributed by atoms with Crippen LogP contribution in [-0.2, 0) is 14.3 Å². The molecule has 0 unspecified atom stereocenters. The van der Waals surface area contributed by atoms with Gasteiger partial charge in [-0.1, -0.05) is 38.7 Å². The number of ether oxygens (including phenoxy) is 1. The van der Waals surface area contributed by atoms with Crippen molar-refractivity contribution in [3.8, 4) is 0 Å². The lowest BCUT2D eigenvalue weighted by Crippen LogP contribution is -2.43. The number of fused-ring (bicyclic) bond motifs is 1. The molecule has 0 aromatic carbocycles. The SMILES string of the molecule is [2H]O[C@@]([2H])(C([2H])([2H])C(=O)O)C([2H])([2H])[C@]([2H])(O[2H])C([2H])([2H])C([2H])([2H])[C@]1([2H])[C@]2([2H])C(=C([2H])[C@@]([2H])(O[2H])C([2H])([2H])[C@]2([2H])OC(=O)[C@@]([2H])(C([2H])([2H])[2H])C([2H])([2H])C([2H])([2H])[2H])C([2H])=C([2H])[C@]1([2H])C([2H])([2H])[2H]. The number of carboxylic acids is 1. The number of esters is 1. The van der Waals surface area contributed by atoms with Gasteiger partial charge in [0, 0.05) is 46.5 Å². The second kappa shape index (κ2) is 11.1. The van der Waals surface area contributed by atoms with Gasteiger partial charge in [0.05, 0.1) is 40.1 Å². The Morgan fingerprint density at radius 1 is 1.53 bits per heavy atom. The Morgan fingerprint density at radius 3 is 3.07 bits per heavy atom. The highest BCUT2D eigenvalue weighted by molar-refractivity contribution is 5.72. The largest absolute Gasteiger partial charge is 0.481 e. The van der Waals surface area contributed by atoms with Crippen LogP contribution in [0.15, 0.2) is 23.7 Å². The van der Waals surface area contributed by atoms with Gasteiger partial charge in [-0.25, -0.2) is 0 Å². The molecule has 7 nitrogen and oxygen atoms in total. The molecule has 8 atom stereocenters. The molecule has 0 spiro atoms. The highest BCUT2D eigenvalue weighted by Gasteiger charge is 2.42. The molecular formula is C23H36O7. The van der Waals surface area contributed by atoms with Crippen LogP contribution in [0.3, 0.4) is 0 Å². The first kappa shape index (κ1) is 5.10. The Bertz CT molecular complexity index is 2010. The van der Waals surface area contributed by atoms with Gasteiger partial charge >= 0.3 is 11.9 Å². The minimum Gasteiger partial charge on any atom is -0.481 e. The Kier molecular flexibility index (Phi) is 1.88. The molecule has 0 heterocycles. The summed E-state index contributed by atoms with van der Waals surface area (Å²) in [5.74, 6) is -28.0. The first-order valence-corrected chi connectivity index (χ1v) is 7.40. The van der Waals surface area contributed by atoms with Gasteiger partial charge in [-0.05, 0) is 42.9 Å². The Hall–Kier alpha value is -1.70. The molecule has 0 aliphatic heterocycles. The van der Waals surface area contributed by atoms with Gasteiger partial charge in [-0.2, -0.15) is 0 Å². The van der Waals surface area contributed by atoms with Crippen LogP contribution in [0.4, 0.5) is 0 Å². The van der Waals surface area contributed by atoms with Crippen molar-refractivity contribution in [1.82, 2.24) is 0 Å². The van der Waals surface area contributed by atoms with E-state index in [1.807, 2.05) is 0 Å². The minimum atomic E-state index is -5.79. The van der Waals surface area contributed by atoms with Crippen LogP contribution < -0.4 is 0 Å². The van der Waals surface area contributed by atoms with E-state index in [9.17, 15) is 18.8 Å². The Balaban J connectivity index is 3.72. The number of hydrogen-bond donors (Lipinski definition) is 4. The van der Waals surface area contributed by atoms with Crippen LogP contribution in [0.5, 0.6) is 0 Å². The number of aliphatic hydroxyl groups is 3. The lowest BCUT2D eigenvalue weighted by molar-refractivity contribution is -0.159. The normalized spacial score (nSPS) is 69.9. The van der Waals surface area contributed by atoms with Crippen molar-refractivity contribution in [3.05, 3.63) is 23.7 Å². The molecule has 0 aromatic heterocycles. The van der Waals surface area contributed by atoms with E-state index in [0.29, 0.717) is 0 Å². The zero-order valence-corrected chi connectivity index (χ0v) is 14.4. The first-order chi connectivity index (χ1) is 28.1. The molecule has 0 radical (unpaired) electrons. The summed E-state index contributed by atoms with van der Waals surface area (Å²) in [6.07, 6.45) is -52.2. The Morgan fingerprint density at radius 2 is 2.40 bits per heavy atom. The van der Waals surface area contributed by atoms with Crippen molar-refractivity contribution < 1.29 is 78.6 Å². The Labute approximate surface area is 227 Å². The molecule has 2 rings (SSSR count). The third kappa shape index (κ3) is 6.65. The summed E-state index contributed by atoms with van der Waals surface area (Å²) in [7, 11) is 0. The maximum atomic E-state index is 14.2. The molecular weight excluding hydrogens is 388 g/mol. The van der Waals surface area contributed by atoms with E-state index in [1.165, 1.54) is 0 Å². The molecule has 2 aliphatic carbocycles. The van der Waals surface area contributed by atoms with E-state index < -0.39 is 142 Å². The fourth-order valence-electron chi connectivity index (χ4n) is 1.91. The highest BCUT2D eigenvalue weighted by atomic mass is 16.5. The number of rotatable bonds is 13. The van der Waals surface area contributed by atoms with Gasteiger partial charge in [0.25, 0.3) is 0 Å². The van der Waals surface area contributed by atoms with Crippen LogP contribution in [0.2, 0.25) is 0 Å². The number of aliphatic carboxylic acids is 1. The van der Waals surface area contributed by atoms with Crippen molar-refractivity contribution in [2.45, 2.75) is 83.1 Å². The third-order valence-corrected chi connectivity index (χ3v) is 3.03. The van der Waals surface area contributed by atoms with Crippen LogP contribution in [0, 0.1) is 23.6 Å². The summed E-state index contributed by atoms with van der Waals surface area (Å²) in [4.78, 5) is 26.1. The number of hydrogen-bond acceptors (Lipinski definition) is 6. The van der Waals surface area contributed by atoms with Crippen molar-refractivity contribution in [3.63, 3.8) is 0 Å². The fourth-order valence-corrected chi connectivity index (χ4v) is 1.91. The summed E-state index contributed by atoms with van der Waals surface area (Å²) in [5, 5.41) is 20.9. The smallest absolute Gasteiger partial charge is 0.308 e. The second-order valence-electron chi connectivity index (χ2n) is 5.01. The van der Waals surface area contributed by atoms with Gasteiger partial charge in [0.1, 0.15) is 6.08 Å². The molecule has 0 bridgehead atoms. The maximum absolute atomic E-state index is 14.2. The number of allylic oxidation sites excluding steroid dienone is 2. The summed E-state index contributed by atoms with van der Waals surface area (Å²) in [6.45, 7) is -14.1. The highest BCUT2D eigenvalue weighted by Crippen LogP contribution is 2.44. The zero-order valence-electron chi connectivity index (χ0n) is 49.4. The molecule has 4 N–H and O–H groups in total. The average molecular weight is 460 g/mol. The molecule has 0 saturated heterocycles. The first-order valence-electron chi connectivity index (χ1n) is 24.6. The number of carbonyl (C=O) groups excluding carboxylic acids is 1. The van der Waals surface area contributed by atoms with Gasteiger partial charge in [-0.3, -0.25) is 9.59 Å². The van der Waals surface area contributed by atoms with Crippen molar-refractivity contribution in [2.75, 3.05) is 0 Å². The molecule has 0 amide bonds. The summed E-state index contributed by atoms with van der Waals surface area (Å²) >= 11 is 0. The molecule has 0 fully saturated rings. The summed E-state index contributed by atoms with van der Waals surface area (Å²) < 4.78 is 297. The van der Waals surface area contributed by atoms with Crippen molar-refractivity contribution in [2.24, 2.45) is 23.6 Å². The van der Waals surface area contributed by atoms with Crippen LogP contribution in [0.1, 0.15) is 103 Å². The quantitative estimate of drug-likeness (QED) is 0.312. The van der Waals surface area contributed by atoms with Crippen LogP contribution >= 0.6 is 0 Å². The zero-order chi connectivity index (χ0) is 52.8. The molecule has 30 heavy (non-hydrogen) atoms. The van der Waals surface area contributed by atoms with Crippen molar-refractivity contribution in [1.29, 1.82) is 4.29 Å². The predicted octanol–water partition coefficient (Wildman–Crippen LogP) is 2.44. The summed E-state index contributed by atoms with van der Waals surface area (Å²) in [6, 6.07) is -7.14.